The van der Waals surface area contributed by atoms with Crippen LogP contribution in [0.15, 0.2) is 24.4 Å². The average Bonchev–Trinajstić information content (AvgIpc) is 2.95. The molecule has 118 valence electrons. The van der Waals surface area contributed by atoms with E-state index in [0.717, 1.165) is 18.3 Å². The van der Waals surface area contributed by atoms with Gasteiger partial charge in [-0.25, -0.2) is 4.98 Å². The maximum atomic E-state index is 12.0. The van der Waals surface area contributed by atoms with E-state index in [2.05, 4.69) is 10.3 Å². The normalized spacial score (nSPS) is 10.1. The summed E-state index contributed by atoms with van der Waals surface area (Å²) in [6, 6.07) is 2.51. The fourth-order valence-electron chi connectivity index (χ4n) is 1.55. The molecule has 0 aliphatic rings. The largest absolute Gasteiger partial charge is 0.345 e. The Morgan fingerprint density at radius 3 is 2.30 bits per heavy atom. The number of benzene rings is 1. The van der Waals surface area contributed by atoms with Gasteiger partial charge in [0.2, 0.25) is 0 Å². The van der Waals surface area contributed by atoms with E-state index in [0.29, 0.717) is 17.4 Å². The van der Waals surface area contributed by atoms with Crippen LogP contribution < -0.4 is 5.32 Å². The highest BCUT2D eigenvalue weighted by molar-refractivity contribution is 7.18. The van der Waals surface area contributed by atoms with E-state index < -0.39 is 37.6 Å². The molecule has 2 rings (SSSR count). The van der Waals surface area contributed by atoms with Gasteiger partial charge in [0.1, 0.15) is 11.8 Å². The van der Waals surface area contributed by atoms with E-state index >= 15 is 0 Å². The number of carbonyl (C=O) groups excluding carboxylic acids is 1. The van der Waals surface area contributed by atoms with Crippen molar-refractivity contribution in [1.82, 2.24) is 4.98 Å². The maximum Gasteiger partial charge on any atom is 0.345 e. The second-order valence-electron chi connectivity index (χ2n) is 3.93. The molecule has 13 heteroatoms. The zero-order chi connectivity index (χ0) is 17.1. The molecule has 1 heterocycles. The molecule has 0 unspecified atom stereocenters. The number of thiazole rings is 1. The first-order chi connectivity index (χ1) is 10.8. The lowest BCUT2D eigenvalue weighted by atomic mass is 10.1. The minimum absolute atomic E-state index is 0.130. The zero-order valence-electron chi connectivity index (χ0n) is 10.9. The lowest BCUT2D eigenvalue weighted by molar-refractivity contribution is -0.394. The third-order valence-electron chi connectivity index (χ3n) is 2.53. The van der Waals surface area contributed by atoms with Crippen LogP contribution in [0.3, 0.4) is 0 Å². The lowest BCUT2D eigenvalue weighted by Gasteiger charge is -2.02. The Balaban J connectivity index is 2.32. The SMILES string of the molecule is O=C(Nc1ncc([N+](=O)[O-])s1)c1ccc([N+](=O)[O-])cc1[N+](=O)[O-]. The van der Waals surface area contributed by atoms with Gasteiger partial charge in [-0.2, -0.15) is 0 Å². The Kier molecular flexibility index (Phi) is 4.22. The predicted octanol–water partition coefficient (Wildman–Crippen LogP) is 2.12. The van der Waals surface area contributed by atoms with Crippen LogP contribution in [0.5, 0.6) is 0 Å². The number of anilines is 1. The Hall–Kier alpha value is -3.48. The molecule has 0 atom stereocenters. The molecule has 1 aromatic heterocycles. The summed E-state index contributed by atoms with van der Waals surface area (Å²) in [4.78, 5) is 45.2. The van der Waals surface area contributed by atoms with Gasteiger partial charge in [0.05, 0.1) is 20.8 Å². The number of nitrogens with one attached hydrogen (secondary N) is 1. The molecule has 0 saturated heterocycles. The molecule has 0 spiro atoms. The summed E-state index contributed by atoms with van der Waals surface area (Å²) in [5.74, 6) is -0.962. The van der Waals surface area contributed by atoms with Crippen molar-refractivity contribution in [3.63, 3.8) is 0 Å². The number of hydrogen-bond acceptors (Lipinski definition) is 9. The number of amides is 1. The first kappa shape index (κ1) is 15.9. The number of non-ortho nitro benzene ring substituents is 1. The van der Waals surface area contributed by atoms with Crippen LogP contribution in [-0.4, -0.2) is 25.7 Å². The van der Waals surface area contributed by atoms with Crippen LogP contribution in [0.2, 0.25) is 0 Å². The van der Waals surface area contributed by atoms with Gasteiger partial charge < -0.3 is 0 Å². The van der Waals surface area contributed by atoms with Crippen LogP contribution in [-0.2, 0) is 0 Å². The molecule has 1 amide bonds. The molecule has 1 N–H and O–H groups in total. The lowest BCUT2D eigenvalue weighted by Crippen LogP contribution is -2.14. The number of nitro groups is 3. The maximum absolute atomic E-state index is 12.0. The number of carbonyl (C=O) groups is 1. The summed E-state index contributed by atoms with van der Waals surface area (Å²) in [5.41, 5.74) is -1.74. The summed E-state index contributed by atoms with van der Waals surface area (Å²) in [7, 11) is 0. The summed E-state index contributed by atoms with van der Waals surface area (Å²) in [5, 5.41) is 33.8. The Morgan fingerprint density at radius 1 is 1.09 bits per heavy atom. The standard InChI is InChI=1S/C10H5N5O7S/c16-9(12-10-11-4-8(23-10)15(21)22)6-2-1-5(13(17)18)3-7(6)14(19)20/h1-4H,(H,11,12,16). The van der Waals surface area contributed by atoms with E-state index in [9.17, 15) is 35.1 Å². The number of nitrogens with zero attached hydrogens (tertiary/aromatic N) is 4. The monoisotopic (exact) mass is 339 g/mol. The van der Waals surface area contributed by atoms with Gasteiger partial charge in [-0.1, -0.05) is 0 Å². The van der Waals surface area contributed by atoms with Crippen molar-refractivity contribution in [2.75, 3.05) is 5.32 Å². The molecular weight excluding hydrogens is 334 g/mol. The quantitative estimate of drug-likeness (QED) is 0.637. The van der Waals surface area contributed by atoms with Crippen LogP contribution in [0.4, 0.5) is 21.5 Å². The Labute approximate surface area is 129 Å². The van der Waals surface area contributed by atoms with Crippen molar-refractivity contribution < 1.29 is 19.6 Å². The highest BCUT2D eigenvalue weighted by Crippen LogP contribution is 2.28. The molecule has 0 bridgehead atoms. The molecule has 0 fully saturated rings. The van der Waals surface area contributed by atoms with Crippen molar-refractivity contribution in [3.05, 3.63) is 60.3 Å². The number of hydrogen-bond donors (Lipinski definition) is 1. The first-order valence-corrected chi connectivity index (χ1v) is 6.45. The molecular formula is C10H5N5O7S. The Bertz CT molecular complexity index is 833. The van der Waals surface area contributed by atoms with E-state index in [1.807, 2.05) is 0 Å². The van der Waals surface area contributed by atoms with Gasteiger partial charge in [-0.15, -0.1) is 0 Å². The molecule has 2 aromatic rings. The smallest absolute Gasteiger partial charge is 0.297 e. The van der Waals surface area contributed by atoms with Gasteiger partial charge in [0.15, 0.2) is 5.13 Å². The fourth-order valence-corrected chi connectivity index (χ4v) is 2.18. The van der Waals surface area contributed by atoms with Crippen molar-refractivity contribution in [3.8, 4) is 0 Å². The highest BCUT2D eigenvalue weighted by atomic mass is 32.1. The highest BCUT2D eigenvalue weighted by Gasteiger charge is 2.25. The van der Waals surface area contributed by atoms with Crippen molar-refractivity contribution in [2.24, 2.45) is 0 Å². The third-order valence-corrected chi connectivity index (χ3v) is 3.39. The number of aromatic nitrogens is 1. The van der Waals surface area contributed by atoms with Crippen LogP contribution >= 0.6 is 11.3 Å². The van der Waals surface area contributed by atoms with Gasteiger partial charge in [0, 0.05) is 6.07 Å². The van der Waals surface area contributed by atoms with Crippen molar-refractivity contribution in [2.45, 2.75) is 0 Å². The molecule has 0 saturated carbocycles. The molecule has 0 aliphatic carbocycles. The number of nitro benzene ring substituents is 2. The van der Waals surface area contributed by atoms with Gasteiger partial charge >= 0.3 is 5.00 Å². The summed E-state index contributed by atoms with van der Waals surface area (Å²) in [6.07, 6.45) is 0.921. The molecule has 12 nitrogen and oxygen atoms in total. The number of rotatable bonds is 5. The summed E-state index contributed by atoms with van der Waals surface area (Å²) >= 11 is 0.566. The zero-order valence-corrected chi connectivity index (χ0v) is 11.7. The minimum Gasteiger partial charge on any atom is -0.297 e. The van der Waals surface area contributed by atoms with E-state index in [1.54, 1.807) is 0 Å². The van der Waals surface area contributed by atoms with E-state index in [-0.39, 0.29) is 10.1 Å². The molecule has 23 heavy (non-hydrogen) atoms. The molecule has 0 aliphatic heterocycles. The van der Waals surface area contributed by atoms with Crippen LogP contribution in [0, 0.1) is 30.3 Å². The minimum atomic E-state index is -0.962. The second kappa shape index (κ2) is 6.10. The van der Waals surface area contributed by atoms with Crippen molar-refractivity contribution >= 4 is 38.8 Å². The summed E-state index contributed by atoms with van der Waals surface area (Å²) < 4.78 is 0. The van der Waals surface area contributed by atoms with Crippen molar-refractivity contribution in [1.29, 1.82) is 0 Å². The summed E-state index contributed by atoms with van der Waals surface area (Å²) in [6.45, 7) is 0. The Morgan fingerprint density at radius 2 is 1.78 bits per heavy atom. The second-order valence-corrected chi connectivity index (χ2v) is 4.94. The van der Waals surface area contributed by atoms with E-state index in [4.69, 9.17) is 0 Å². The van der Waals surface area contributed by atoms with Gasteiger partial charge in [-0.3, -0.25) is 40.5 Å². The van der Waals surface area contributed by atoms with Crippen LogP contribution in [0.1, 0.15) is 10.4 Å². The van der Waals surface area contributed by atoms with Gasteiger partial charge in [-0.05, 0) is 17.4 Å². The van der Waals surface area contributed by atoms with Gasteiger partial charge in [0.25, 0.3) is 17.3 Å². The fraction of sp³-hybridized carbons (Fsp3) is 0. The third kappa shape index (κ3) is 3.41. The molecule has 0 radical (unpaired) electrons. The van der Waals surface area contributed by atoms with Crippen LogP contribution in [0.25, 0.3) is 0 Å². The first-order valence-electron chi connectivity index (χ1n) is 5.64. The predicted molar refractivity (Wildman–Crippen MR) is 76.5 cm³/mol. The van der Waals surface area contributed by atoms with E-state index in [1.165, 1.54) is 0 Å². The molecule has 1 aromatic carbocycles. The average molecular weight is 339 g/mol. The topological polar surface area (TPSA) is 171 Å².